The summed E-state index contributed by atoms with van der Waals surface area (Å²) in [5, 5.41) is 11.5. The number of anilines is 1. The van der Waals surface area contributed by atoms with Crippen molar-refractivity contribution in [1.82, 2.24) is 0 Å². The Morgan fingerprint density at radius 3 is 2.30 bits per heavy atom. The highest BCUT2D eigenvalue weighted by Gasteiger charge is 2.24. The van der Waals surface area contributed by atoms with Gasteiger partial charge in [0.1, 0.15) is 5.69 Å². The van der Waals surface area contributed by atoms with Crippen molar-refractivity contribution in [3.63, 3.8) is 0 Å². The largest absolute Gasteiger partial charge is 0.493 e. The second-order valence-electron chi connectivity index (χ2n) is 6.72. The minimum atomic E-state index is -0.806. The van der Waals surface area contributed by atoms with Gasteiger partial charge in [0.15, 0.2) is 23.9 Å². The average Bonchev–Trinajstić information content (AvgIpc) is 3.30. The Morgan fingerprint density at radius 1 is 1.00 bits per heavy atom. The first-order valence-corrected chi connectivity index (χ1v) is 9.40. The molecule has 1 aliphatic rings. The molecule has 0 aliphatic carbocycles. The average molecular weight is 414 g/mol. The number of methoxy groups -OCH3 is 2. The standard InChI is InChI=1S/C21H22N2O7/c1-28-19-8-6-14(12-20(19)29-2)18(24)13-30-21(25)15-5-7-16(17(11-15)23(26)27)22-9-3-4-10-22/h5-8,11-12H,3-4,9-10,13H2,1-2H3. The molecule has 1 saturated heterocycles. The van der Waals surface area contributed by atoms with Crippen LogP contribution in [0.1, 0.15) is 33.6 Å². The maximum Gasteiger partial charge on any atom is 0.338 e. The van der Waals surface area contributed by atoms with Gasteiger partial charge in [-0.05, 0) is 43.2 Å². The number of nitro groups is 1. The molecule has 1 heterocycles. The molecule has 0 saturated carbocycles. The number of ketones is 1. The number of esters is 1. The molecule has 30 heavy (non-hydrogen) atoms. The summed E-state index contributed by atoms with van der Waals surface area (Å²) in [6, 6.07) is 8.82. The van der Waals surface area contributed by atoms with Crippen LogP contribution in [0.3, 0.4) is 0 Å². The Hall–Kier alpha value is -3.62. The van der Waals surface area contributed by atoms with Crippen molar-refractivity contribution in [2.75, 3.05) is 38.8 Å². The lowest BCUT2D eigenvalue weighted by molar-refractivity contribution is -0.384. The lowest BCUT2D eigenvalue weighted by atomic mass is 10.1. The summed E-state index contributed by atoms with van der Waals surface area (Å²) >= 11 is 0. The molecule has 1 aliphatic heterocycles. The van der Waals surface area contributed by atoms with Crippen molar-refractivity contribution >= 4 is 23.1 Å². The third kappa shape index (κ3) is 4.51. The zero-order valence-electron chi connectivity index (χ0n) is 16.8. The number of carbonyl (C=O) groups excluding carboxylic acids is 2. The molecule has 9 nitrogen and oxygen atoms in total. The first-order chi connectivity index (χ1) is 14.4. The van der Waals surface area contributed by atoms with Gasteiger partial charge in [0.2, 0.25) is 0 Å². The van der Waals surface area contributed by atoms with Gasteiger partial charge in [-0.2, -0.15) is 0 Å². The van der Waals surface area contributed by atoms with E-state index in [2.05, 4.69) is 0 Å². The zero-order chi connectivity index (χ0) is 21.7. The zero-order valence-corrected chi connectivity index (χ0v) is 16.8. The number of benzene rings is 2. The summed E-state index contributed by atoms with van der Waals surface area (Å²) in [7, 11) is 2.93. The molecule has 0 unspecified atom stereocenters. The van der Waals surface area contributed by atoms with Gasteiger partial charge in [0, 0.05) is 24.7 Å². The molecule has 0 amide bonds. The molecule has 0 atom stereocenters. The Labute approximate surface area is 173 Å². The quantitative estimate of drug-likeness (QED) is 0.280. The molecule has 158 valence electrons. The number of nitro benzene ring substituents is 1. The van der Waals surface area contributed by atoms with Crippen LogP contribution in [0.15, 0.2) is 36.4 Å². The lowest BCUT2D eigenvalue weighted by Gasteiger charge is -2.17. The van der Waals surface area contributed by atoms with Gasteiger partial charge >= 0.3 is 5.97 Å². The summed E-state index contributed by atoms with van der Waals surface area (Å²) in [4.78, 5) is 37.6. The van der Waals surface area contributed by atoms with E-state index in [0.29, 0.717) is 17.2 Å². The third-order valence-corrected chi connectivity index (χ3v) is 4.89. The van der Waals surface area contributed by atoms with E-state index in [0.717, 1.165) is 25.9 Å². The fourth-order valence-electron chi connectivity index (χ4n) is 3.33. The van der Waals surface area contributed by atoms with Crippen LogP contribution >= 0.6 is 0 Å². The van der Waals surface area contributed by atoms with Gasteiger partial charge in [0.25, 0.3) is 5.69 Å². The molecule has 1 fully saturated rings. The van der Waals surface area contributed by atoms with Crippen LogP contribution in [-0.2, 0) is 4.74 Å². The van der Waals surface area contributed by atoms with E-state index < -0.39 is 23.3 Å². The van der Waals surface area contributed by atoms with Crippen molar-refractivity contribution in [3.05, 3.63) is 57.6 Å². The first-order valence-electron chi connectivity index (χ1n) is 9.40. The Kier molecular flexibility index (Phi) is 6.51. The molecule has 0 spiro atoms. The molecule has 0 radical (unpaired) electrons. The number of Topliss-reactive ketones (excluding diaryl/α,β-unsaturated/α-hetero) is 1. The molecular weight excluding hydrogens is 392 g/mol. The number of ether oxygens (including phenoxy) is 3. The fourth-order valence-corrected chi connectivity index (χ4v) is 3.33. The van der Waals surface area contributed by atoms with Crippen molar-refractivity contribution in [3.8, 4) is 11.5 Å². The monoisotopic (exact) mass is 414 g/mol. The van der Waals surface area contributed by atoms with E-state index >= 15 is 0 Å². The molecule has 3 rings (SSSR count). The van der Waals surface area contributed by atoms with Gasteiger partial charge in [-0.1, -0.05) is 0 Å². The van der Waals surface area contributed by atoms with E-state index in [9.17, 15) is 19.7 Å². The van der Waals surface area contributed by atoms with E-state index in [4.69, 9.17) is 14.2 Å². The molecule has 0 N–H and O–H groups in total. The normalized spacial score (nSPS) is 13.1. The van der Waals surface area contributed by atoms with E-state index in [1.54, 1.807) is 12.1 Å². The highest BCUT2D eigenvalue weighted by molar-refractivity contribution is 6.00. The minimum absolute atomic E-state index is 0.0183. The highest BCUT2D eigenvalue weighted by atomic mass is 16.6. The molecule has 0 aromatic heterocycles. The van der Waals surface area contributed by atoms with E-state index in [-0.39, 0.29) is 16.8 Å². The number of hydrogen-bond acceptors (Lipinski definition) is 8. The van der Waals surface area contributed by atoms with Crippen molar-refractivity contribution in [2.45, 2.75) is 12.8 Å². The summed E-state index contributed by atoms with van der Waals surface area (Å²) in [6.07, 6.45) is 1.94. The summed E-state index contributed by atoms with van der Waals surface area (Å²) in [5.74, 6) is -0.397. The number of nitrogens with zero attached hydrogens (tertiary/aromatic N) is 2. The van der Waals surface area contributed by atoms with Crippen LogP contribution in [0.25, 0.3) is 0 Å². The number of hydrogen-bond donors (Lipinski definition) is 0. The van der Waals surface area contributed by atoms with Crippen LogP contribution in [0.2, 0.25) is 0 Å². The van der Waals surface area contributed by atoms with Crippen LogP contribution in [0, 0.1) is 10.1 Å². The Balaban J connectivity index is 1.70. The second-order valence-corrected chi connectivity index (χ2v) is 6.72. The van der Waals surface area contributed by atoms with Crippen LogP contribution in [0.4, 0.5) is 11.4 Å². The highest BCUT2D eigenvalue weighted by Crippen LogP contribution is 2.32. The van der Waals surface area contributed by atoms with Gasteiger partial charge in [0.05, 0.1) is 24.7 Å². The SMILES string of the molecule is COc1ccc(C(=O)COC(=O)c2ccc(N3CCCC3)c([N+](=O)[O-])c2)cc1OC. The summed E-state index contributed by atoms with van der Waals surface area (Å²) in [6.45, 7) is 0.977. The topological polar surface area (TPSA) is 108 Å². The minimum Gasteiger partial charge on any atom is -0.493 e. The molecular formula is C21H22N2O7. The van der Waals surface area contributed by atoms with Crippen LogP contribution < -0.4 is 14.4 Å². The lowest BCUT2D eigenvalue weighted by Crippen LogP contribution is -2.19. The first kappa shape index (κ1) is 21.1. The Bertz CT molecular complexity index is 968. The van der Waals surface area contributed by atoms with E-state index in [1.165, 1.54) is 38.5 Å². The molecule has 0 bridgehead atoms. The van der Waals surface area contributed by atoms with Crippen LogP contribution in [0.5, 0.6) is 11.5 Å². The third-order valence-electron chi connectivity index (χ3n) is 4.89. The van der Waals surface area contributed by atoms with Crippen molar-refractivity contribution in [1.29, 1.82) is 0 Å². The van der Waals surface area contributed by atoms with Crippen LogP contribution in [-0.4, -0.2) is 50.6 Å². The van der Waals surface area contributed by atoms with E-state index in [1.807, 2.05) is 4.90 Å². The van der Waals surface area contributed by atoms with Crippen molar-refractivity contribution < 1.29 is 28.7 Å². The predicted molar refractivity (Wildman–Crippen MR) is 109 cm³/mol. The fraction of sp³-hybridized carbons (Fsp3) is 0.333. The maximum atomic E-state index is 12.4. The van der Waals surface area contributed by atoms with Gasteiger partial charge < -0.3 is 19.1 Å². The van der Waals surface area contributed by atoms with Gasteiger partial charge in [-0.15, -0.1) is 0 Å². The molecule has 9 heteroatoms. The smallest absolute Gasteiger partial charge is 0.338 e. The van der Waals surface area contributed by atoms with Crippen molar-refractivity contribution in [2.24, 2.45) is 0 Å². The van der Waals surface area contributed by atoms with Gasteiger partial charge in [-0.25, -0.2) is 4.79 Å². The summed E-state index contributed by atoms with van der Waals surface area (Å²) < 4.78 is 15.4. The number of carbonyl (C=O) groups is 2. The predicted octanol–water partition coefficient (Wildman–Crippen LogP) is 3.25. The maximum absolute atomic E-state index is 12.4. The second kappa shape index (κ2) is 9.25. The Morgan fingerprint density at radius 2 is 1.67 bits per heavy atom. The number of rotatable bonds is 8. The summed E-state index contributed by atoms with van der Waals surface area (Å²) in [5.41, 5.74) is 0.633. The molecule has 2 aromatic carbocycles. The van der Waals surface area contributed by atoms with Gasteiger partial charge in [-0.3, -0.25) is 14.9 Å². The molecule has 2 aromatic rings.